The molecule has 0 aliphatic heterocycles. The molecule has 0 bridgehead atoms. The zero-order valence-electron chi connectivity index (χ0n) is 16.3. The highest BCUT2D eigenvalue weighted by Crippen LogP contribution is 2.24. The zero-order chi connectivity index (χ0) is 21.2. The first kappa shape index (κ1) is 21.9. The van der Waals surface area contributed by atoms with Crippen molar-refractivity contribution < 1.29 is 9.18 Å². The summed E-state index contributed by atoms with van der Waals surface area (Å²) in [5.74, 6) is -1.50. The number of nitrogens with two attached hydrogens (primary N) is 1. The van der Waals surface area contributed by atoms with Gasteiger partial charge in [0.15, 0.2) is 5.69 Å². The molecule has 0 spiro atoms. The summed E-state index contributed by atoms with van der Waals surface area (Å²) in [7, 11) is 0. The Labute approximate surface area is 170 Å². The maximum Gasteiger partial charge on any atom is 0.330 e. The van der Waals surface area contributed by atoms with Gasteiger partial charge in [-0.15, -0.1) is 0 Å². The predicted molar refractivity (Wildman–Crippen MR) is 111 cm³/mol. The Morgan fingerprint density at radius 1 is 1.25 bits per heavy atom. The van der Waals surface area contributed by atoms with Gasteiger partial charge in [-0.05, 0) is 30.0 Å². The van der Waals surface area contributed by atoms with Crippen molar-refractivity contribution in [1.29, 1.82) is 0 Å². The van der Waals surface area contributed by atoms with Gasteiger partial charge in [-0.1, -0.05) is 43.6 Å². The van der Waals surface area contributed by atoms with E-state index in [1.807, 2.05) is 27.7 Å². The van der Waals surface area contributed by atoms with Crippen LogP contribution < -0.4 is 21.9 Å². The van der Waals surface area contributed by atoms with Crippen LogP contribution in [0.5, 0.6) is 0 Å². The SMILES string of the molecule is CC(C)CN(C(=O)c1cc(Br)ccc1F)c1c(N)n(CC(C)C)c(=O)[nH]c1=O. The lowest BCUT2D eigenvalue weighted by atomic mass is 10.1. The number of hydrogen-bond donors (Lipinski definition) is 2. The third kappa shape index (κ3) is 4.70. The Kier molecular flexibility index (Phi) is 6.82. The molecule has 2 rings (SSSR count). The Balaban J connectivity index is 2.70. The third-order valence-electron chi connectivity index (χ3n) is 3.98. The molecule has 1 amide bonds. The molecule has 0 aliphatic carbocycles. The molecule has 0 unspecified atom stereocenters. The predicted octanol–water partition coefficient (Wildman–Crippen LogP) is 2.98. The summed E-state index contributed by atoms with van der Waals surface area (Å²) < 4.78 is 16.1. The average molecular weight is 455 g/mol. The van der Waals surface area contributed by atoms with Crippen LogP contribution >= 0.6 is 15.9 Å². The van der Waals surface area contributed by atoms with Crippen LogP contribution in [0.3, 0.4) is 0 Å². The molecule has 3 N–H and O–H groups in total. The van der Waals surface area contributed by atoms with Gasteiger partial charge in [0, 0.05) is 17.6 Å². The fourth-order valence-electron chi connectivity index (χ4n) is 2.83. The number of aromatic amines is 1. The number of nitrogens with one attached hydrogen (secondary N) is 1. The lowest BCUT2D eigenvalue weighted by molar-refractivity contribution is 0.0979. The summed E-state index contributed by atoms with van der Waals surface area (Å²) in [5, 5.41) is 0. The van der Waals surface area contributed by atoms with Gasteiger partial charge in [-0.25, -0.2) is 9.18 Å². The van der Waals surface area contributed by atoms with Crippen molar-refractivity contribution in [2.24, 2.45) is 11.8 Å². The van der Waals surface area contributed by atoms with Crippen molar-refractivity contribution in [2.75, 3.05) is 17.2 Å². The van der Waals surface area contributed by atoms with E-state index in [9.17, 15) is 18.8 Å². The van der Waals surface area contributed by atoms with E-state index in [4.69, 9.17) is 5.73 Å². The minimum atomic E-state index is -0.785. The number of benzene rings is 1. The normalized spacial score (nSPS) is 11.3. The molecule has 0 saturated carbocycles. The van der Waals surface area contributed by atoms with Crippen LogP contribution in [0.1, 0.15) is 38.1 Å². The quantitative estimate of drug-likeness (QED) is 0.700. The minimum absolute atomic E-state index is 0.0385. The Bertz CT molecular complexity index is 998. The van der Waals surface area contributed by atoms with E-state index >= 15 is 0 Å². The van der Waals surface area contributed by atoms with E-state index in [0.717, 1.165) is 11.0 Å². The van der Waals surface area contributed by atoms with Crippen LogP contribution in [0.25, 0.3) is 0 Å². The highest BCUT2D eigenvalue weighted by Gasteiger charge is 2.28. The second-order valence-corrected chi connectivity index (χ2v) is 8.35. The number of H-pyrrole nitrogens is 1. The van der Waals surface area contributed by atoms with Gasteiger partial charge < -0.3 is 10.6 Å². The van der Waals surface area contributed by atoms with E-state index < -0.39 is 23.0 Å². The number of amides is 1. The number of nitrogen functional groups attached to an aromatic ring is 1. The largest absolute Gasteiger partial charge is 0.383 e. The standard InChI is InChI=1S/C19H24BrFN4O3/c1-10(2)8-24(18(27)13-7-12(20)5-6-14(13)21)15-16(22)25(9-11(3)4)19(28)23-17(15)26/h5-7,10-11H,8-9,22H2,1-4H3,(H,23,26,28). The summed E-state index contributed by atoms with van der Waals surface area (Å²) >= 11 is 3.22. The Morgan fingerprint density at radius 3 is 2.46 bits per heavy atom. The van der Waals surface area contributed by atoms with Crippen molar-refractivity contribution in [1.82, 2.24) is 9.55 Å². The molecule has 0 saturated heterocycles. The fourth-order valence-corrected chi connectivity index (χ4v) is 3.19. The van der Waals surface area contributed by atoms with Crippen LogP contribution in [0.2, 0.25) is 0 Å². The molecular formula is C19H24BrFN4O3. The maximum atomic E-state index is 14.3. The molecule has 0 radical (unpaired) electrons. The molecule has 1 heterocycles. The lowest BCUT2D eigenvalue weighted by Gasteiger charge is -2.26. The molecule has 1 aromatic carbocycles. The van der Waals surface area contributed by atoms with E-state index in [1.165, 1.54) is 16.7 Å². The van der Waals surface area contributed by atoms with Gasteiger partial charge in [0.25, 0.3) is 11.5 Å². The van der Waals surface area contributed by atoms with Crippen molar-refractivity contribution >= 4 is 33.3 Å². The third-order valence-corrected chi connectivity index (χ3v) is 4.48. The number of rotatable bonds is 6. The average Bonchev–Trinajstić information content (AvgIpc) is 2.58. The van der Waals surface area contributed by atoms with Gasteiger partial charge in [-0.3, -0.25) is 19.1 Å². The van der Waals surface area contributed by atoms with Gasteiger partial charge in [-0.2, -0.15) is 0 Å². The number of carbonyl (C=O) groups excluding carboxylic acids is 1. The number of carbonyl (C=O) groups is 1. The minimum Gasteiger partial charge on any atom is -0.383 e. The number of halogens is 2. The maximum absolute atomic E-state index is 14.3. The number of aromatic nitrogens is 2. The molecule has 152 valence electrons. The first-order chi connectivity index (χ1) is 13.0. The van der Waals surface area contributed by atoms with Crippen molar-refractivity contribution in [3.8, 4) is 0 Å². The summed E-state index contributed by atoms with van der Waals surface area (Å²) in [6.45, 7) is 7.88. The van der Waals surface area contributed by atoms with E-state index in [0.29, 0.717) is 4.47 Å². The smallest absolute Gasteiger partial charge is 0.330 e. The van der Waals surface area contributed by atoms with E-state index in [1.54, 1.807) is 0 Å². The second kappa shape index (κ2) is 8.72. The van der Waals surface area contributed by atoms with Crippen molar-refractivity contribution in [3.05, 3.63) is 54.9 Å². The Hall–Kier alpha value is -2.42. The van der Waals surface area contributed by atoms with Gasteiger partial charge in [0.05, 0.1) is 5.56 Å². The summed E-state index contributed by atoms with van der Waals surface area (Å²) in [6, 6.07) is 3.99. The monoisotopic (exact) mass is 454 g/mol. The topological polar surface area (TPSA) is 101 Å². The molecule has 9 heteroatoms. The first-order valence-corrected chi connectivity index (χ1v) is 9.71. The van der Waals surface area contributed by atoms with Crippen LogP contribution in [-0.4, -0.2) is 22.0 Å². The molecule has 0 aliphatic rings. The van der Waals surface area contributed by atoms with Gasteiger partial charge in [0.1, 0.15) is 11.6 Å². The number of anilines is 2. The Morgan fingerprint density at radius 2 is 1.89 bits per heavy atom. The fraction of sp³-hybridized carbons (Fsp3) is 0.421. The summed E-state index contributed by atoms with van der Waals surface area (Å²) in [5.41, 5.74) is 4.35. The van der Waals surface area contributed by atoms with Crippen LogP contribution in [0, 0.1) is 17.7 Å². The van der Waals surface area contributed by atoms with Crippen LogP contribution in [-0.2, 0) is 6.54 Å². The molecule has 2 aromatic rings. The summed E-state index contributed by atoms with van der Waals surface area (Å²) in [6.07, 6.45) is 0. The van der Waals surface area contributed by atoms with Crippen LogP contribution in [0.4, 0.5) is 15.9 Å². The molecular weight excluding hydrogens is 431 g/mol. The van der Waals surface area contributed by atoms with Crippen molar-refractivity contribution in [2.45, 2.75) is 34.2 Å². The van der Waals surface area contributed by atoms with Crippen molar-refractivity contribution in [3.63, 3.8) is 0 Å². The number of nitrogens with zero attached hydrogens (tertiary/aromatic N) is 2. The highest BCUT2D eigenvalue weighted by molar-refractivity contribution is 9.10. The molecule has 7 nitrogen and oxygen atoms in total. The summed E-state index contributed by atoms with van der Waals surface area (Å²) in [4.78, 5) is 41.3. The lowest BCUT2D eigenvalue weighted by Crippen LogP contribution is -2.43. The number of hydrogen-bond acceptors (Lipinski definition) is 4. The van der Waals surface area contributed by atoms with Gasteiger partial charge in [0.2, 0.25) is 0 Å². The first-order valence-electron chi connectivity index (χ1n) is 8.92. The molecule has 0 atom stereocenters. The second-order valence-electron chi connectivity index (χ2n) is 7.43. The van der Waals surface area contributed by atoms with E-state index in [-0.39, 0.29) is 42.0 Å². The highest BCUT2D eigenvalue weighted by atomic mass is 79.9. The zero-order valence-corrected chi connectivity index (χ0v) is 17.8. The molecule has 0 fully saturated rings. The van der Waals surface area contributed by atoms with E-state index in [2.05, 4.69) is 20.9 Å². The molecule has 28 heavy (non-hydrogen) atoms. The molecule has 1 aromatic heterocycles. The van der Waals surface area contributed by atoms with Crippen LogP contribution in [0.15, 0.2) is 32.3 Å². The van der Waals surface area contributed by atoms with Gasteiger partial charge >= 0.3 is 5.69 Å².